The number of fused-ring (bicyclic) bond motifs is 1. The number of hydrogen-bond acceptors (Lipinski definition) is 4. The van der Waals surface area contributed by atoms with Gasteiger partial charge in [-0.3, -0.25) is 9.25 Å². The highest BCUT2D eigenvalue weighted by atomic mass is 32.1. The Balaban J connectivity index is 2.33. The standard InChI is InChI=1S/C11H11N5OS/c1-15-6-5-8(14-15)16-10-7(12-11(16)18)3-4-9(13-10)17-2/h3-6H,1-2H3,(H,12,18). The van der Waals surface area contributed by atoms with E-state index >= 15 is 0 Å². The Morgan fingerprint density at radius 3 is 2.83 bits per heavy atom. The molecule has 0 fully saturated rings. The van der Waals surface area contributed by atoms with Gasteiger partial charge in [-0.05, 0) is 18.3 Å². The molecule has 0 bridgehead atoms. The number of ether oxygens (including phenoxy) is 1. The molecule has 92 valence electrons. The summed E-state index contributed by atoms with van der Waals surface area (Å²) in [6.45, 7) is 0. The van der Waals surface area contributed by atoms with Crippen LogP contribution >= 0.6 is 12.2 Å². The molecule has 3 rings (SSSR count). The number of imidazole rings is 1. The summed E-state index contributed by atoms with van der Waals surface area (Å²) in [5, 5.41) is 4.33. The summed E-state index contributed by atoms with van der Waals surface area (Å²) in [4.78, 5) is 7.49. The molecule has 0 spiro atoms. The van der Waals surface area contributed by atoms with Gasteiger partial charge in [-0.15, -0.1) is 0 Å². The van der Waals surface area contributed by atoms with Crippen LogP contribution in [-0.4, -0.2) is 31.4 Å². The molecule has 0 radical (unpaired) electrons. The average Bonchev–Trinajstić information content (AvgIpc) is 2.90. The van der Waals surface area contributed by atoms with Crippen molar-refractivity contribution in [3.63, 3.8) is 0 Å². The van der Waals surface area contributed by atoms with E-state index < -0.39 is 0 Å². The lowest BCUT2D eigenvalue weighted by atomic mass is 10.4. The molecular formula is C11H11N5OS. The minimum atomic E-state index is 0.543. The predicted octanol–water partition coefficient (Wildman–Crippen LogP) is 1.83. The van der Waals surface area contributed by atoms with E-state index in [0.29, 0.717) is 16.3 Å². The molecule has 0 aromatic carbocycles. The second kappa shape index (κ2) is 3.95. The van der Waals surface area contributed by atoms with Crippen LogP contribution in [0.1, 0.15) is 0 Å². The third-order valence-corrected chi connectivity index (χ3v) is 2.93. The lowest BCUT2D eigenvalue weighted by Gasteiger charge is -2.01. The van der Waals surface area contributed by atoms with Gasteiger partial charge in [0.2, 0.25) is 5.88 Å². The van der Waals surface area contributed by atoms with E-state index in [2.05, 4.69) is 15.1 Å². The third kappa shape index (κ3) is 1.60. The molecule has 3 heterocycles. The van der Waals surface area contributed by atoms with Gasteiger partial charge in [-0.25, -0.2) is 0 Å². The highest BCUT2D eigenvalue weighted by Crippen LogP contribution is 2.19. The second-order valence-electron chi connectivity index (χ2n) is 3.84. The smallest absolute Gasteiger partial charge is 0.215 e. The molecule has 0 aliphatic rings. The molecule has 7 heteroatoms. The van der Waals surface area contributed by atoms with Crippen molar-refractivity contribution in [2.24, 2.45) is 7.05 Å². The van der Waals surface area contributed by atoms with Crippen LogP contribution in [0, 0.1) is 4.77 Å². The highest BCUT2D eigenvalue weighted by Gasteiger charge is 2.10. The predicted molar refractivity (Wildman–Crippen MR) is 69.6 cm³/mol. The maximum Gasteiger partial charge on any atom is 0.215 e. The second-order valence-corrected chi connectivity index (χ2v) is 4.22. The Labute approximate surface area is 108 Å². The van der Waals surface area contributed by atoms with Crippen molar-refractivity contribution in [3.05, 3.63) is 29.2 Å². The summed E-state index contributed by atoms with van der Waals surface area (Å²) < 4.78 is 9.19. The number of nitrogens with zero attached hydrogens (tertiary/aromatic N) is 4. The summed E-state index contributed by atoms with van der Waals surface area (Å²) >= 11 is 5.30. The first-order valence-corrected chi connectivity index (χ1v) is 5.75. The van der Waals surface area contributed by atoms with Gasteiger partial charge in [-0.2, -0.15) is 10.1 Å². The average molecular weight is 261 g/mol. The van der Waals surface area contributed by atoms with Crippen molar-refractivity contribution in [1.82, 2.24) is 24.3 Å². The normalized spacial score (nSPS) is 11.0. The summed E-state index contributed by atoms with van der Waals surface area (Å²) in [6, 6.07) is 5.55. The summed E-state index contributed by atoms with van der Waals surface area (Å²) in [5.41, 5.74) is 1.56. The fourth-order valence-corrected chi connectivity index (χ4v) is 2.10. The van der Waals surface area contributed by atoms with E-state index in [1.807, 2.05) is 25.4 Å². The molecule has 0 amide bonds. The molecule has 18 heavy (non-hydrogen) atoms. The van der Waals surface area contributed by atoms with Gasteiger partial charge >= 0.3 is 0 Å². The molecule has 0 atom stereocenters. The first kappa shape index (κ1) is 11.0. The number of pyridine rings is 1. The fraction of sp³-hybridized carbons (Fsp3) is 0.182. The van der Waals surface area contributed by atoms with Crippen molar-refractivity contribution in [1.29, 1.82) is 0 Å². The van der Waals surface area contributed by atoms with E-state index in [-0.39, 0.29) is 0 Å². The van der Waals surface area contributed by atoms with Crippen LogP contribution in [0.15, 0.2) is 24.4 Å². The Bertz CT molecular complexity index is 769. The number of H-pyrrole nitrogens is 1. The lowest BCUT2D eigenvalue weighted by Crippen LogP contribution is -1.99. The van der Waals surface area contributed by atoms with Crippen LogP contribution in [0.25, 0.3) is 17.0 Å². The van der Waals surface area contributed by atoms with Crippen LogP contribution in [0.4, 0.5) is 0 Å². The first-order chi connectivity index (χ1) is 8.69. The zero-order chi connectivity index (χ0) is 12.7. The van der Waals surface area contributed by atoms with Gasteiger partial charge in [0.15, 0.2) is 16.2 Å². The molecule has 6 nitrogen and oxygen atoms in total. The highest BCUT2D eigenvalue weighted by molar-refractivity contribution is 7.71. The van der Waals surface area contributed by atoms with Crippen molar-refractivity contribution in [3.8, 4) is 11.7 Å². The van der Waals surface area contributed by atoms with Crippen LogP contribution in [0.3, 0.4) is 0 Å². The van der Waals surface area contributed by atoms with Crippen LogP contribution < -0.4 is 4.74 Å². The van der Waals surface area contributed by atoms with Crippen molar-refractivity contribution in [2.45, 2.75) is 0 Å². The number of aromatic nitrogens is 5. The van der Waals surface area contributed by atoms with E-state index in [4.69, 9.17) is 17.0 Å². The maximum absolute atomic E-state index is 5.30. The zero-order valence-electron chi connectivity index (χ0n) is 9.91. The molecular weight excluding hydrogens is 250 g/mol. The van der Waals surface area contributed by atoms with E-state index in [9.17, 15) is 0 Å². The van der Waals surface area contributed by atoms with Gasteiger partial charge in [-0.1, -0.05) is 0 Å². The van der Waals surface area contributed by atoms with Gasteiger partial charge in [0.25, 0.3) is 0 Å². The van der Waals surface area contributed by atoms with Gasteiger partial charge < -0.3 is 9.72 Å². The summed E-state index contributed by atoms with van der Waals surface area (Å²) in [7, 11) is 3.44. The largest absolute Gasteiger partial charge is 0.481 e. The summed E-state index contributed by atoms with van der Waals surface area (Å²) in [5.74, 6) is 1.27. The zero-order valence-corrected chi connectivity index (χ0v) is 10.7. The Morgan fingerprint density at radius 2 is 2.17 bits per heavy atom. The van der Waals surface area contributed by atoms with Crippen molar-refractivity contribution < 1.29 is 4.74 Å². The number of hydrogen-bond donors (Lipinski definition) is 1. The van der Waals surface area contributed by atoms with Crippen molar-refractivity contribution >= 4 is 23.4 Å². The maximum atomic E-state index is 5.30. The molecule has 0 saturated heterocycles. The monoisotopic (exact) mass is 261 g/mol. The van der Waals surface area contributed by atoms with Crippen LogP contribution in [0.5, 0.6) is 5.88 Å². The first-order valence-electron chi connectivity index (χ1n) is 5.35. The Hall–Kier alpha value is -2.15. The van der Waals surface area contributed by atoms with Crippen LogP contribution in [0.2, 0.25) is 0 Å². The van der Waals surface area contributed by atoms with E-state index in [0.717, 1.165) is 11.3 Å². The lowest BCUT2D eigenvalue weighted by molar-refractivity contribution is 0.399. The van der Waals surface area contributed by atoms with Crippen LogP contribution in [-0.2, 0) is 7.05 Å². The molecule has 0 aliphatic heterocycles. The Kier molecular flexibility index (Phi) is 2.41. The quantitative estimate of drug-likeness (QED) is 0.715. The topological polar surface area (TPSA) is 60.7 Å². The molecule has 3 aromatic heterocycles. The van der Waals surface area contributed by atoms with Gasteiger partial charge in [0.1, 0.15) is 0 Å². The number of rotatable bonds is 2. The SMILES string of the molecule is COc1ccc2[nH]c(=S)n(-c3ccn(C)n3)c2n1. The Morgan fingerprint density at radius 1 is 1.33 bits per heavy atom. The third-order valence-electron chi connectivity index (χ3n) is 2.64. The molecule has 0 saturated carbocycles. The number of aromatic amines is 1. The van der Waals surface area contributed by atoms with Gasteiger partial charge in [0, 0.05) is 25.4 Å². The minimum absolute atomic E-state index is 0.543. The summed E-state index contributed by atoms with van der Waals surface area (Å²) in [6.07, 6.45) is 1.86. The fourth-order valence-electron chi connectivity index (χ4n) is 1.81. The number of nitrogens with one attached hydrogen (secondary N) is 1. The van der Waals surface area contributed by atoms with E-state index in [1.54, 1.807) is 22.4 Å². The molecule has 0 aliphatic carbocycles. The molecule has 1 N–H and O–H groups in total. The molecule has 3 aromatic rings. The van der Waals surface area contributed by atoms with Gasteiger partial charge in [0.05, 0.1) is 12.6 Å². The van der Waals surface area contributed by atoms with Crippen molar-refractivity contribution in [2.75, 3.05) is 7.11 Å². The molecule has 0 unspecified atom stereocenters. The number of methoxy groups -OCH3 is 1. The van der Waals surface area contributed by atoms with E-state index in [1.165, 1.54) is 0 Å². The number of aryl methyl sites for hydroxylation is 1. The minimum Gasteiger partial charge on any atom is -0.481 e.